The van der Waals surface area contributed by atoms with Crippen molar-refractivity contribution in [1.82, 2.24) is 0 Å². The van der Waals surface area contributed by atoms with Crippen molar-refractivity contribution in [2.75, 3.05) is 6.67 Å². The Morgan fingerprint density at radius 2 is 1.19 bits per heavy atom. The minimum Gasteiger partial charge on any atom is -0.251 e. The van der Waals surface area contributed by atoms with Crippen molar-refractivity contribution in [3.8, 4) is 11.1 Å². The third-order valence-corrected chi connectivity index (χ3v) is 7.93. The summed E-state index contributed by atoms with van der Waals surface area (Å²) in [6.45, 7) is 1.99. The second kappa shape index (κ2) is 11.1. The van der Waals surface area contributed by atoms with Crippen LogP contribution in [0.25, 0.3) is 11.1 Å². The fourth-order valence-electron chi connectivity index (χ4n) is 5.96. The first-order valence-corrected chi connectivity index (χ1v) is 12.7. The molecule has 0 aromatic heterocycles. The zero-order valence-corrected chi connectivity index (χ0v) is 19.2. The van der Waals surface area contributed by atoms with Gasteiger partial charge in [-0.05, 0) is 117 Å². The molecule has 0 saturated heterocycles. The standard InChI is InChI=1S/C30H39F/c1-2-4-23-6-10-25(11-7-23)27-14-18-29(19-15-27)30-20-16-28(17-21-30)26-12-8-24(9-13-26)5-3-22-31/h2,4,14-21,23-26H,3,5-13,22H2,1H3/b4-2-/t23-,24-,25-,26-. The van der Waals surface area contributed by atoms with Crippen molar-refractivity contribution >= 4 is 0 Å². The largest absolute Gasteiger partial charge is 0.251 e. The molecule has 0 nitrogen and oxygen atoms in total. The molecule has 4 rings (SSSR count). The molecule has 2 aromatic carbocycles. The van der Waals surface area contributed by atoms with E-state index in [2.05, 4.69) is 67.6 Å². The quantitative estimate of drug-likeness (QED) is 0.393. The lowest BCUT2D eigenvalue weighted by atomic mass is 9.77. The Balaban J connectivity index is 1.32. The van der Waals surface area contributed by atoms with Crippen LogP contribution in [0, 0.1) is 11.8 Å². The molecule has 0 radical (unpaired) electrons. The number of alkyl halides is 1. The Morgan fingerprint density at radius 3 is 1.65 bits per heavy atom. The Labute approximate surface area is 189 Å². The van der Waals surface area contributed by atoms with Gasteiger partial charge in [0.25, 0.3) is 0 Å². The Morgan fingerprint density at radius 1 is 0.710 bits per heavy atom. The summed E-state index contributed by atoms with van der Waals surface area (Å²) in [5.74, 6) is 2.97. The van der Waals surface area contributed by atoms with Gasteiger partial charge in [-0.2, -0.15) is 0 Å². The first kappa shape index (κ1) is 22.3. The van der Waals surface area contributed by atoms with Crippen LogP contribution in [0.3, 0.4) is 0 Å². The van der Waals surface area contributed by atoms with Gasteiger partial charge in [-0.3, -0.25) is 4.39 Å². The highest BCUT2D eigenvalue weighted by molar-refractivity contribution is 5.64. The monoisotopic (exact) mass is 418 g/mol. The second-order valence-corrected chi connectivity index (χ2v) is 9.93. The molecule has 166 valence electrons. The maximum Gasteiger partial charge on any atom is 0.0894 e. The molecular weight excluding hydrogens is 379 g/mol. The molecule has 31 heavy (non-hydrogen) atoms. The van der Waals surface area contributed by atoms with E-state index < -0.39 is 0 Å². The van der Waals surface area contributed by atoms with Gasteiger partial charge in [-0.25, -0.2) is 0 Å². The summed E-state index contributed by atoms with van der Waals surface area (Å²) < 4.78 is 12.4. The zero-order valence-electron chi connectivity index (χ0n) is 19.2. The van der Waals surface area contributed by atoms with Crippen LogP contribution in [-0.4, -0.2) is 6.67 Å². The number of rotatable bonds is 7. The fourth-order valence-corrected chi connectivity index (χ4v) is 5.96. The van der Waals surface area contributed by atoms with Crippen molar-refractivity contribution < 1.29 is 4.39 Å². The van der Waals surface area contributed by atoms with Gasteiger partial charge in [0.1, 0.15) is 0 Å². The van der Waals surface area contributed by atoms with Gasteiger partial charge in [0.15, 0.2) is 0 Å². The van der Waals surface area contributed by atoms with Crippen LogP contribution >= 0.6 is 0 Å². The Bertz CT molecular complexity index is 800. The molecule has 0 N–H and O–H groups in total. The topological polar surface area (TPSA) is 0 Å². The fraction of sp³-hybridized carbons (Fsp3) is 0.533. The normalized spacial score (nSPS) is 26.9. The summed E-state index contributed by atoms with van der Waals surface area (Å²) in [5, 5.41) is 0. The van der Waals surface area contributed by atoms with Gasteiger partial charge in [0.2, 0.25) is 0 Å². The first-order valence-electron chi connectivity index (χ1n) is 12.7. The van der Waals surface area contributed by atoms with Crippen LogP contribution in [0.15, 0.2) is 60.7 Å². The summed E-state index contributed by atoms with van der Waals surface area (Å²) >= 11 is 0. The third-order valence-electron chi connectivity index (χ3n) is 7.93. The summed E-state index contributed by atoms with van der Waals surface area (Å²) in [7, 11) is 0. The van der Waals surface area contributed by atoms with E-state index in [9.17, 15) is 4.39 Å². The molecule has 2 saturated carbocycles. The number of hydrogen-bond donors (Lipinski definition) is 0. The van der Waals surface area contributed by atoms with Crippen LogP contribution in [0.2, 0.25) is 0 Å². The molecular formula is C30H39F. The van der Waals surface area contributed by atoms with Gasteiger partial charge in [0, 0.05) is 0 Å². The van der Waals surface area contributed by atoms with E-state index in [0.29, 0.717) is 5.92 Å². The van der Waals surface area contributed by atoms with Crippen LogP contribution < -0.4 is 0 Å². The van der Waals surface area contributed by atoms with Gasteiger partial charge >= 0.3 is 0 Å². The highest BCUT2D eigenvalue weighted by atomic mass is 19.1. The smallest absolute Gasteiger partial charge is 0.0894 e. The average molecular weight is 419 g/mol. The number of allylic oxidation sites excluding steroid dienone is 2. The maximum atomic E-state index is 12.4. The molecule has 0 bridgehead atoms. The molecule has 1 heteroatoms. The van der Waals surface area contributed by atoms with Crippen molar-refractivity contribution in [2.24, 2.45) is 11.8 Å². The minimum atomic E-state index is -0.153. The van der Waals surface area contributed by atoms with Crippen LogP contribution in [-0.2, 0) is 0 Å². The summed E-state index contributed by atoms with van der Waals surface area (Å²) in [6.07, 6.45) is 16.8. The average Bonchev–Trinajstić information content (AvgIpc) is 2.84. The third kappa shape index (κ3) is 5.88. The van der Waals surface area contributed by atoms with Crippen molar-refractivity contribution in [3.05, 3.63) is 71.8 Å². The molecule has 0 aliphatic heterocycles. The van der Waals surface area contributed by atoms with Crippen LogP contribution in [0.1, 0.15) is 94.1 Å². The molecule has 2 aliphatic rings. The lowest BCUT2D eigenvalue weighted by Crippen LogP contribution is -2.13. The van der Waals surface area contributed by atoms with Crippen molar-refractivity contribution in [3.63, 3.8) is 0 Å². The van der Waals surface area contributed by atoms with E-state index in [1.54, 1.807) is 0 Å². The molecule has 0 heterocycles. The molecule has 0 amide bonds. The Hall–Kier alpha value is -1.89. The lowest BCUT2D eigenvalue weighted by molar-refractivity contribution is 0.293. The SMILES string of the molecule is C/C=C\[C@H]1CC[C@H](c2ccc(-c3ccc([C@H]4CC[C@H](CCCF)CC4)cc3)cc2)CC1. The van der Waals surface area contributed by atoms with E-state index in [0.717, 1.165) is 30.6 Å². The number of halogens is 1. The van der Waals surface area contributed by atoms with E-state index in [4.69, 9.17) is 0 Å². The second-order valence-electron chi connectivity index (χ2n) is 9.93. The van der Waals surface area contributed by atoms with Gasteiger partial charge in [-0.1, -0.05) is 60.7 Å². The maximum absolute atomic E-state index is 12.4. The molecule has 0 unspecified atom stereocenters. The first-order chi connectivity index (χ1) is 15.3. The van der Waals surface area contributed by atoms with E-state index in [1.807, 2.05) is 0 Å². The van der Waals surface area contributed by atoms with E-state index in [-0.39, 0.29) is 6.67 Å². The molecule has 2 aliphatic carbocycles. The number of hydrogen-bond acceptors (Lipinski definition) is 0. The molecule has 2 fully saturated rings. The van der Waals surface area contributed by atoms with Gasteiger partial charge < -0.3 is 0 Å². The van der Waals surface area contributed by atoms with Gasteiger partial charge in [0.05, 0.1) is 6.67 Å². The van der Waals surface area contributed by atoms with Crippen molar-refractivity contribution in [2.45, 2.75) is 83.0 Å². The van der Waals surface area contributed by atoms with Crippen LogP contribution in [0.4, 0.5) is 4.39 Å². The summed E-state index contributed by atoms with van der Waals surface area (Å²) in [4.78, 5) is 0. The summed E-state index contributed by atoms with van der Waals surface area (Å²) in [6, 6.07) is 18.7. The van der Waals surface area contributed by atoms with Crippen molar-refractivity contribution in [1.29, 1.82) is 0 Å². The molecule has 0 spiro atoms. The molecule has 0 atom stereocenters. The Kier molecular flexibility index (Phi) is 8.00. The van der Waals surface area contributed by atoms with Gasteiger partial charge in [-0.15, -0.1) is 0 Å². The van der Waals surface area contributed by atoms with E-state index in [1.165, 1.54) is 73.6 Å². The predicted octanol–water partition coefficient (Wildman–Crippen LogP) is 9.23. The molecule has 2 aromatic rings. The lowest BCUT2D eigenvalue weighted by Gasteiger charge is -2.28. The van der Waals surface area contributed by atoms with Crippen LogP contribution in [0.5, 0.6) is 0 Å². The predicted molar refractivity (Wildman–Crippen MR) is 131 cm³/mol. The highest BCUT2D eigenvalue weighted by Crippen LogP contribution is 2.39. The number of benzene rings is 2. The summed E-state index contributed by atoms with van der Waals surface area (Å²) in [5.41, 5.74) is 5.66. The minimum absolute atomic E-state index is 0.153. The highest BCUT2D eigenvalue weighted by Gasteiger charge is 2.22. The van der Waals surface area contributed by atoms with E-state index >= 15 is 0 Å². The zero-order chi connectivity index (χ0) is 21.5.